The van der Waals surface area contributed by atoms with Gasteiger partial charge in [-0.2, -0.15) is 0 Å². The molecule has 2 aromatic carbocycles. The van der Waals surface area contributed by atoms with E-state index in [-0.39, 0.29) is 5.41 Å². The van der Waals surface area contributed by atoms with Crippen molar-refractivity contribution in [2.24, 2.45) is 4.99 Å². The number of halogens is 3. The van der Waals surface area contributed by atoms with Crippen LogP contribution >= 0.6 is 34.8 Å². The normalized spacial score (nSPS) is 19.8. The molecule has 1 unspecified atom stereocenters. The molecule has 2 aromatic rings. The molecule has 0 aromatic heterocycles. The molecule has 1 aliphatic rings. The summed E-state index contributed by atoms with van der Waals surface area (Å²) in [6, 6.07) is 8.99. The molecule has 0 amide bonds. The zero-order valence-electron chi connectivity index (χ0n) is 13.7. The van der Waals surface area contributed by atoms with E-state index in [0.29, 0.717) is 33.6 Å². The Balaban J connectivity index is 1.90. The Labute approximate surface area is 161 Å². The zero-order chi connectivity index (χ0) is 18.4. The van der Waals surface area contributed by atoms with E-state index in [2.05, 4.69) is 11.9 Å². The van der Waals surface area contributed by atoms with E-state index in [1.165, 1.54) is 0 Å². The van der Waals surface area contributed by atoms with Gasteiger partial charge in [-0.1, -0.05) is 47.8 Å². The molecule has 1 atom stereocenters. The van der Waals surface area contributed by atoms with Crippen LogP contribution in [0.1, 0.15) is 40.4 Å². The Hall–Kier alpha value is -1.55. The van der Waals surface area contributed by atoms with Gasteiger partial charge in [0.1, 0.15) is 0 Å². The number of aliphatic imine (C=N–C) groups is 1. The van der Waals surface area contributed by atoms with Crippen molar-refractivity contribution in [2.75, 3.05) is 6.54 Å². The minimum atomic E-state index is -0.923. The van der Waals surface area contributed by atoms with Crippen LogP contribution in [-0.4, -0.2) is 23.3 Å². The fraction of sp³-hybridized carbons (Fsp3) is 0.263. The lowest BCUT2D eigenvalue weighted by Crippen LogP contribution is -2.23. The van der Waals surface area contributed by atoms with Crippen LogP contribution in [0.4, 0.5) is 0 Å². The predicted octanol–water partition coefficient (Wildman–Crippen LogP) is 5.80. The summed E-state index contributed by atoms with van der Waals surface area (Å²) in [5.74, 6) is -0.923. The number of carbonyl (C=O) groups is 1. The highest BCUT2D eigenvalue weighted by Gasteiger charge is 2.34. The molecule has 1 aliphatic heterocycles. The van der Waals surface area contributed by atoms with Crippen molar-refractivity contribution in [2.45, 2.75) is 25.7 Å². The molecule has 1 heterocycles. The van der Waals surface area contributed by atoms with Gasteiger partial charge >= 0.3 is 5.97 Å². The van der Waals surface area contributed by atoms with E-state index < -0.39 is 5.97 Å². The fourth-order valence-corrected chi connectivity index (χ4v) is 3.72. The van der Waals surface area contributed by atoms with Gasteiger partial charge in [0.05, 0.1) is 20.6 Å². The molecule has 1 N–H and O–H groups in total. The van der Waals surface area contributed by atoms with Crippen LogP contribution in [0.25, 0.3) is 0 Å². The number of carboxylic acid groups (broad SMARTS) is 1. The van der Waals surface area contributed by atoms with Crippen LogP contribution in [0.3, 0.4) is 0 Å². The first kappa shape index (κ1) is 18.2. The van der Waals surface area contributed by atoms with Crippen LogP contribution in [0.5, 0.6) is 0 Å². The standard InChI is InChI=1S/C19H16Cl3NO2/c1-10-5-11(3-4-13(10)18(24)25)16-8-19(2,9-23-16)12-6-14(20)17(22)15(21)7-12/h3-7H,8-9H2,1-2H3,(H,24,25). The average Bonchev–Trinajstić information content (AvgIpc) is 2.95. The van der Waals surface area contributed by atoms with Gasteiger partial charge in [-0.15, -0.1) is 0 Å². The highest BCUT2D eigenvalue weighted by molar-refractivity contribution is 6.48. The number of carboxylic acids is 1. The maximum atomic E-state index is 11.2. The molecule has 0 spiro atoms. The minimum Gasteiger partial charge on any atom is -0.478 e. The SMILES string of the molecule is Cc1cc(C2=NCC(C)(c3cc(Cl)c(Cl)c(Cl)c3)C2)ccc1C(=O)O. The summed E-state index contributed by atoms with van der Waals surface area (Å²) in [5.41, 5.74) is 3.68. The summed E-state index contributed by atoms with van der Waals surface area (Å²) in [4.78, 5) is 15.9. The largest absolute Gasteiger partial charge is 0.478 e. The third-order valence-corrected chi connectivity index (χ3v) is 5.84. The summed E-state index contributed by atoms with van der Waals surface area (Å²) in [5, 5.41) is 10.4. The molecule has 0 bridgehead atoms. The third kappa shape index (κ3) is 3.41. The second-order valence-corrected chi connectivity index (χ2v) is 7.78. The first-order chi connectivity index (χ1) is 11.7. The van der Waals surface area contributed by atoms with Gasteiger partial charge in [0, 0.05) is 24.1 Å². The molecule has 25 heavy (non-hydrogen) atoms. The summed E-state index contributed by atoms with van der Waals surface area (Å²) < 4.78 is 0. The Bertz CT molecular complexity index is 885. The van der Waals surface area contributed by atoms with Gasteiger partial charge < -0.3 is 5.11 Å². The van der Waals surface area contributed by atoms with Crippen LogP contribution in [0.15, 0.2) is 35.3 Å². The van der Waals surface area contributed by atoms with Crippen molar-refractivity contribution in [3.63, 3.8) is 0 Å². The predicted molar refractivity (Wildman–Crippen MR) is 103 cm³/mol. The monoisotopic (exact) mass is 395 g/mol. The Morgan fingerprint density at radius 2 is 1.80 bits per heavy atom. The molecule has 0 saturated carbocycles. The van der Waals surface area contributed by atoms with Crippen molar-refractivity contribution < 1.29 is 9.90 Å². The topological polar surface area (TPSA) is 49.7 Å². The number of hydrogen-bond donors (Lipinski definition) is 1. The molecule has 0 saturated heterocycles. The summed E-state index contributed by atoms with van der Waals surface area (Å²) in [6.07, 6.45) is 0.715. The van der Waals surface area contributed by atoms with Crippen molar-refractivity contribution >= 4 is 46.5 Å². The van der Waals surface area contributed by atoms with Gasteiger partial charge in [0.25, 0.3) is 0 Å². The molecule has 0 fully saturated rings. The Morgan fingerprint density at radius 1 is 1.16 bits per heavy atom. The molecule has 3 nitrogen and oxygen atoms in total. The second-order valence-electron chi connectivity index (χ2n) is 6.59. The highest BCUT2D eigenvalue weighted by atomic mass is 35.5. The quantitative estimate of drug-likeness (QED) is 0.666. The van der Waals surface area contributed by atoms with Crippen LogP contribution in [0, 0.1) is 6.92 Å². The fourth-order valence-electron chi connectivity index (χ4n) is 3.13. The Morgan fingerprint density at radius 3 is 2.36 bits per heavy atom. The molecular weight excluding hydrogens is 381 g/mol. The lowest BCUT2D eigenvalue weighted by Gasteiger charge is -2.24. The van der Waals surface area contributed by atoms with Crippen molar-refractivity contribution in [1.29, 1.82) is 0 Å². The first-order valence-corrected chi connectivity index (χ1v) is 8.87. The molecular formula is C19H16Cl3NO2. The van der Waals surface area contributed by atoms with Crippen molar-refractivity contribution in [3.05, 3.63) is 67.7 Å². The summed E-state index contributed by atoms with van der Waals surface area (Å²) in [6.45, 7) is 4.51. The van der Waals surface area contributed by atoms with E-state index in [1.807, 2.05) is 24.3 Å². The first-order valence-electron chi connectivity index (χ1n) is 7.74. The molecule has 130 valence electrons. The van der Waals surface area contributed by atoms with Gasteiger partial charge in [0.15, 0.2) is 0 Å². The maximum Gasteiger partial charge on any atom is 0.335 e. The second kappa shape index (κ2) is 6.64. The van der Waals surface area contributed by atoms with Gasteiger partial charge in [0.2, 0.25) is 0 Å². The van der Waals surface area contributed by atoms with Crippen molar-refractivity contribution in [1.82, 2.24) is 0 Å². The van der Waals surface area contributed by atoms with Gasteiger partial charge in [-0.25, -0.2) is 4.79 Å². The number of aryl methyl sites for hydroxylation is 1. The summed E-state index contributed by atoms with van der Waals surface area (Å²) in [7, 11) is 0. The van der Waals surface area contributed by atoms with E-state index >= 15 is 0 Å². The highest BCUT2D eigenvalue weighted by Crippen LogP contribution is 2.40. The molecule has 3 rings (SSSR count). The average molecular weight is 397 g/mol. The van der Waals surface area contributed by atoms with Crippen molar-refractivity contribution in [3.8, 4) is 0 Å². The number of nitrogens with zero attached hydrogens (tertiary/aromatic N) is 1. The lowest BCUT2D eigenvalue weighted by atomic mass is 9.79. The zero-order valence-corrected chi connectivity index (χ0v) is 16.0. The summed E-state index contributed by atoms with van der Waals surface area (Å²) >= 11 is 18.4. The van der Waals surface area contributed by atoms with E-state index in [9.17, 15) is 4.79 Å². The molecule has 6 heteroatoms. The minimum absolute atomic E-state index is 0.230. The molecule has 0 aliphatic carbocycles. The number of aromatic carboxylic acids is 1. The number of rotatable bonds is 3. The van der Waals surface area contributed by atoms with Crippen LogP contribution < -0.4 is 0 Å². The van der Waals surface area contributed by atoms with E-state index in [0.717, 1.165) is 22.4 Å². The van der Waals surface area contributed by atoms with Gasteiger partial charge in [-0.3, -0.25) is 4.99 Å². The lowest BCUT2D eigenvalue weighted by molar-refractivity contribution is 0.0696. The van der Waals surface area contributed by atoms with Crippen LogP contribution in [0.2, 0.25) is 15.1 Å². The number of hydrogen-bond acceptors (Lipinski definition) is 2. The maximum absolute atomic E-state index is 11.2. The third-order valence-electron chi connectivity index (χ3n) is 4.65. The van der Waals surface area contributed by atoms with E-state index in [1.54, 1.807) is 13.0 Å². The van der Waals surface area contributed by atoms with Gasteiger partial charge in [-0.05, 0) is 47.9 Å². The Kier molecular flexibility index (Phi) is 4.84. The van der Waals surface area contributed by atoms with Crippen LogP contribution in [-0.2, 0) is 5.41 Å². The molecule has 0 radical (unpaired) electrons. The smallest absolute Gasteiger partial charge is 0.335 e. The number of benzene rings is 2. The van der Waals surface area contributed by atoms with E-state index in [4.69, 9.17) is 39.9 Å².